The summed E-state index contributed by atoms with van der Waals surface area (Å²) >= 11 is 0. The number of rotatable bonds is 3. The first-order chi connectivity index (χ1) is 11.0. The molecule has 2 rings (SSSR count). The van der Waals surface area contributed by atoms with E-state index in [4.69, 9.17) is 9.84 Å². The van der Waals surface area contributed by atoms with Gasteiger partial charge in [-0.25, -0.2) is 4.79 Å². The van der Waals surface area contributed by atoms with E-state index in [0.717, 1.165) is 18.6 Å². The molecule has 0 aromatic heterocycles. The molecule has 0 aliphatic heterocycles. The lowest BCUT2D eigenvalue weighted by Crippen LogP contribution is -2.10. The number of carbonyl (C=O) groups is 2. The third kappa shape index (κ3) is 5.52. The number of carboxylic acids is 1. The van der Waals surface area contributed by atoms with Crippen LogP contribution in [0.5, 0.6) is 0 Å². The van der Waals surface area contributed by atoms with E-state index < -0.39 is 5.97 Å². The summed E-state index contributed by atoms with van der Waals surface area (Å²) in [6, 6.07) is 0. The third-order valence-corrected chi connectivity index (χ3v) is 4.05. The Morgan fingerprint density at radius 1 is 1.12 bits per heavy atom. The smallest absolute Gasteiger partial charge is 0.335 e. The van der Waals surface area contributed by atoms with Crippen molar-refractivity contribution in [3.8, 4) is 0 Å². The molecule has 0 saturated carbocycles. The maximum absolute atomic E-state index is 10.6. The van der Waals surface area contributed by atoms with Gasteiger partial charge in [-0.2, -0.15) is 0 Å². The van der Waals surface area contributed by atoms with Gasteiger partial charge >= 0.3 is 5.97 Å². The molecule has 2 aliphatic rings. The molecule has 0 spiro atoms. The minimum Gasteiger partial charge on any atom is -0.478 e. The second kappa shape index (κ2) is 7.65. The van der Waals surface area contributed by atoms with Crippen molar-refractivity contribution in [2.75, 3.05) is 0 Å². The Kier molecular flexibility index (Phi) is 6.35. The fourth-order valence-electron chi connectivity index (χ4n) is 2.52. The van der Waals surface area contributed by atoms with Crippen LogP contribution in [0.15, 0.2) is 46.8 Å². The van der Waals surface area contributed by atoms with Gasteiger partial charge in [0.25, 0.3) is 6.47 Å². The molecule has 1 N–H and O–H groups in total. The van der Waals surface area contributed by atoms with Crippen LogP contribution in [-0.4, -0.2) is 17.5 Å². The summed E-state index contributed by atoms with van der Waals surface area (Å²) in [6.45, 7) is 13.1. The number of hydrogen-bond acceptors (Lipinski definition) is 3. The summed E-state index contributed by atoms with van der Waals surface area (Å²) in [4.78, 5) is 20.7. The van der Waals surface area contributed by atoms with Gasteiger partial charge in [0, 0.05) is 0 Å². The Morgan fingerprint density at radius 3 is 2.12 bits per heavy atom. The number of carboxylic acid groups (broad SMARTS) is 1. The molecule has 0 aromatic rings. The van der Waals surface area contributed by atoms with Crippen molar-refractivity contribution in [2.24, 2.45) is 10.8 Å². The van der Waals surface area contributed by atoms with Crippen molar-refractivity contribution >= 4 is 12.4 Å². The van der Waals surface area contributed by atoms with E-state index >= 15 is 0 Å². The van der Waals surface area contributed by atoms with Gasteiger partial charge in [-0.05, 0) is 41.4 Å². The number of ether oxygens (including phenoxy) is 1. The largest absolute Gasteiger partial charge is 0.478 e. The molecular weight excluding hydrogens is 304 g/mol. The number of aliphatic carboxylic acids is 1. The van der Waals surface area contributed by atoms with E-state index in [9.17, 15) is 9.59 Å². The molecule has 132 valence electrons. The first-order valence-corrected chi connectivity index (χ1v) is 8.11. The molecule has 0 atom stereocenters. The topological polar surface area (TPSA) is 63.6 Å². The molecule has 2 aliphatic carbocycles. The first kappa shape index (κ1) is 19.9. The molecule has 0 saturated heterocycles. The van der Waals surface area contributed by atoms with Crippen LogP contribution in [0.4, 0.5) is 0 Å². The van der Waals surface area contributed by atoms with E-state index in [1.54, 1.807) is 12.2 Å². The average molecular weight is 332 g/mol. The molecule has 0 heterocycles. The highest BCUT2D eigenvalue weighted by atomic mass is 16.5. The first-order valence-electron chi connectivity index (χ1n) is 8.11. The average Bonchev–Trinajstić information content (AvgIpc) is 3.07. The highest BCUT2D eigenvalue weighted by Crippen LogP contribution is 2.35. The number of carbonyl (C=O) groups excluding carboxylic acids is 1. The lowest BCUT2D eigenvalue weighted by molar-refractivity contribution is -0.132. The molecule has 0 aromatic carbocycles. The van der Waals surface area contributed by atoms with Crippen LogP contribution in [0.1, 0.15) is 54.4 Å². The van der Waals surface area contributed by atoms with Gasteiger partial charge in [0.15, 0.2) is 0 Å². The van der Waals surface area contributed by atoms with E-state index in [1.807, 2.05) is 12.2 Å². The Hall–Kier alpha value is -2.10. The second-order valence-corrected chi connectivity index (χ2v) is 8.00. The molecule has 0 amide bonds. The molecule has 0 fully saturated rings. The van der Waals surface area contributed by atoms with E-state index in [-0.39, 0.29) is 10.8 Å². The highest BCUT2D eigenvalue weighted by Gasteiger charge is 2.23. The summed E-state index contributed by atoms with van der Waals surface area (Å²) < 4.78 is 4.85. The number of hydrogen-bond donors (Lipinski definition) is 1. The maximum atomic E-state index is 10.6. The molecule has 0 bridgehead atoms. The van der Waals surface area contributed by atoms with Gasteiger partial charge in [0.2, 0.25) is 0 Å². The van der Waals surface area contributed by atoms with E-state index in [0.29, 0.717) is 12.0 Å². The summed E-state index contributed by atoms with van der Waals surface area (Å²) in [5, 5.41) is 8.68. The zero-order valence-electron chi connectivity index (χ0n) is 15.5. The van der Waals surface area contributed by atoms with Gasteiger partial charge in [0.05, 0.1) is 5.57 Å². The van der Waals surface area contributed by atoms with Crippen molar-refractivity contribution in [1.82, 2.24) is 0 Å². The minimum atomic E-state index is -0.825. The SMILES string of the molecule is CC(C)(C)C1=C(OC=O)C=CC1.CC(C)(C)C1=CC(C(=O)O)=CC1. The molecular formula is C20H28O4. The summed E-state index contributed by atoms with van der Waals surface area (Å²) in [7, 11) is 0. The normalized spacial score (nSPS) is 17.1. The van der Waals surface area contributed by atoms with Crippen molar-refractivity contribution in [3.05, 3.63) is 46.8 Å². The molecule has 24 heavy (non-hydrogen) atoms. The second-order valence-electron chi connectivity index (χ2n) is 8.00. The predicted octanol–water partition coefficient (Wildman–Crippen LogP) is 4.79. The number of allylic oxidation sites excluding steroid dienone is 5. The molecule has 4 heteroatoms. The fraction of sp³-hybridized carbons (Fsp3) is 0.500. The van der Waals surface area contributed by atoms with Gasteiger partial charge < -0.3 is 9.84 Å². The predicted molar refractivity (Wildman–Crippen MR) is 95.3 cm³/mol. The highest BCUT2D eigenvalue weighted by molar-refractivity contribution is 5.91. The lowest BCUT2D eigenvalue weighted by Gasteiger charge is -2.21. The summed E-state index contributed by atoms with van der Waals surface area (Å²) in [5.41, 5.74) is 2.99. The van der Waals surface area contributed by atoms with Gasteiger partial charge in [-0.3, -0.25) is 4.79 Å². The molecule has 0 radical (unpaired) electrons. The quantitative estimate of drug-likeness (QED) is 0.755. The van der Waals surface area contributed by atoms with Crippen LogP contribution in [0.3, 0.4) is 0 Å². The van der Waals surface area contributed by atoms with Crippen LogP contribution < -0.4 is 0 Å². The van der Waals surface area contributed by atoms with Crippen LogP contribution >= 0.6 is 0 Å². The lowest BCUT2D eigenvalue weighted by atomic mass is 9.85. The minimum absolute atomic E-state index is 0.0852. The van der Waals surface area contributed by atoms with Gasteiger partial charge in [-0.1, -0.05) is 59.3 Å². The van der Waals surface area contributed by atoms with Crippen LogP contribution in [0.2, 0.25) is 0 Å². The summed E-state index contributed by atoms with van der Waals surface area (Å²) in [5.74, 6) is -0.105. The fourth-order valence-corrected chi connectivity index (χ4v) is 2.52. The Bertz CT molecular complexity index is 617. The van der Waals surface area contributed by atoms with Crippen LogP contribution in [-0.2, 0) is 14.3 Å². The monoisotopic (exact) mass is 332 g/mol. The zero-order valence-corrected chi connectivity index (χ0v) is 15.5. The molecule has 0 unspecified atom stereocenters. The van der Waals surface area contributed by atoms with E-state index in [1.165, 1.54) is 11.1 Å². The maximum Gasteiger partial charge on any atom is 0.335 e. The molecule has 4 nitrogen and oxygen atoms in total. The van der Waals surface area contributed by atoms with Crippen molar-refractivity contribution in [2.45, 2.75) is 54.4 Å². The Balaban J connectivity index is 0.000000240. The van der Waals surface area contributed by atoms with Crippen molar-refractivity contribution in [1.29, 1.82) is 0 Å². The van der Waals surface area contributed by atoms with Crippen LogP contribution in [0, 0.1) is 10.8 Å². The standard InChI is InChI=1S/2C10H14O2/c1-10(2,3)8-5-4-7(6-8)9(11)12;1-10(2,3)8-5-4-6-9(8)12-7-11/h4,6H,5H2,1-3H3,(H,11,12);4,6-7H,5H2,1-3H3. The van der Waals surface area contributed by atoms with Crippen molar-refractivity contribution in [3.63, 3.8) is 0 Å². The summed E-state index contributed by atoms with van der Waals surface area (Å²) in [6.07, 6.45) is 9.09. The Labute approximate surface area is 144 Å². The third-order valence-electron chi connectivity index (χ3n) is 4.05. The van der Waals surface area contributed by atoms with Crippen molar-refractivity contribution < 1.29 is 19.4 Å². The van der Waals surface area contributed by atoms with E-state index in [2.05, 4.69) is 41.5 Å². The Morgan fingerprint density at radius 2 is 1.75 bits per heavy atom. The van der Waals surface area contributed by atoms with Gasteiger partial charge in [0.1, 0.15) is 5.76 Å². The van der Waals surface area contributed by atoms with Gasteiger partial charge in [-0.15, -0.1) is 0 Å². The zero-order chi connectivity index (χ0) is 18.5. The van der Waals surface area contributed by atoms with Crippen LogP contribution in [0.25, 0.3) is 0 Å².